The van der Waals surface area contributed by atoms with Gasteiger partial charge in [0.15, 0.2) is 0 Å². The van der Waals surface area contributed by atoms with Crippen molar-refractivity contribution in [1.29, 1.82) is 0 Å². The van der Waals surface area contributed by atoms with Gasteiger partial charge in [0, 0.05) is 11.6 Å². The first kappa shape index (κ1) is 16.0. The molecule has 0 saturated carbocycles. The van der Waals surface area contributed by atoms with Crippen LogP contribution in [0.2, 0.25) is 0 Å². The van der Waals surface area contributed by atoms with E-state index in [9.17, 15) is 14.4 Å². The molecule has 0 aliphatic carbocycles. The molecule has 6 nitrogen and oxygen atoms in total. The summed E-state index contributed by atoms with van der Waals surface area (Å²) in [5.41, 5.74) is 1.17. The lowest BCUT2D eigenvalue weighted by Gasteiger charge is -2.18. The SMILES string of the molecule is CCC(CC)NC(=O)c1ccccc1CN1C(=O)CNC1=O. The number of benzene rings is 1. The van der Waals surface area contributed by atoms with Crippen molar-refractivity contribution in [3.05, 3.63) is 35.4 Å². The molecule has 4 amide bonds. The highest BCUT2D eigenvalue weighted by molar-refractivity contribution is 6.02. The van der Waals surface area contributed by atoms with Crippen LogP contribution in [0.3, 0.4) is 0 Å². The molecule has 1 fully saturated rings. The predicted octanol–water partition coefficient (Wildman–Crippen LogP) is 1.66. The van der Waals surface area contributed by atoms with E-state index in [1.807, 2.05) is 13.8 Å². The topological polar surface area (TPSA) is 78.5 Å². The lowest BCUT2D eigenvalue weighted by Crippen LogP contribution is -2.35. The number of carbonyl (C=O) groups is 3. The molecule has 1 aromatic rings. The molecule has 1 aliphatic rings. The zero-order chi connectivity index (χ0) is 16.1. The summed E-state index contributed by atoms with van der Waals surface area (Å²) < 4.78 is 0. The fourth-order valence-corrected chi connectivity index (χ4v) is 2.42. The van der Waals surface area contributed by atoms with E-state index in [0.29, 0.717) is 11.1 Å². The number of urea groups is 1. The van der Waals surface area contributed by atoms with Gasteiger partial charge in [-0.05, 0) is 24.5 Å². The van der Waals surface area contributed by atoms with Crippen molar-refractivity contribution in [2.75, 3.05) is 6.54 Å². The molecule has 2 rings (SSSR count). The summed E-state index contributed by atoms with van der Waals surface area (Å²) in [5.74, 6) is -0.448. The molecule has 6 heteroatoms. The zero-order valence-electron chi connectivity index (χ0n) is 12.9. The minimum Gasteiger partial charge on any atom is -0.349 e. The van der Waals surface area contributed by atoms with Crippen LogP contribution in [0.5, 0.6) is 0 Å². The second-order valence-electron chi connectivity index (χ2n) is 5.28. The number of amides is 4. The quantitative estimate of drug-likeness (QED) is 0.784. The Morgan fingerprint density at radius 1 is 1.27 bits per heavy atom. The second-order valence-corrected chi connectivity index (χ2v) is 5.28. The molecule has 0 atom stereocenters. The standard InChI is InChI=1S/C16H21N3O3/c1-3-12(4-2)18-15(21)13-8-6-5-7-11(13)10-19-14(20)9-17-16(19)22/h5-8,12H,3-4,9-10H2,1-2H3,(H,17,22)(H,18,21). The molecular weight excluding hydrogens is 282 g/mol. The van der Waals surface area contributed by atoms with Crippen molar-refractivity contribution in [2.24, 2.45) is 0 Å². The van der Waals surface area contributed by atoms with Gasteiger partial charge < -0.3 is 10.6 Å². The first-order chi connectivity index (χ1) is 10.6. The van der Waals surface area contributed by atoms with Crippen molar-refractivity contribution in [3.8, 4) is 0 Å². The Morgan fingerprint density at radius 2 is 1.95 bits per heavy atom. The molecule has 0 aromatic heterocycles. The average Bonchev–Trinajstić information content (AvgIpc) is 2.84. The van der Waals surface area contributed by atoms with Crippen LogP contribution in [-0.2, 0) is 11.3 Å². The number of carbonyl (C=O) groups excluding carboxylic acids is 3. The molecule has 22 heavy (non-hydrogen) atoms. The molecule has 1 heterocycles. The molecule has 0 spiro atoms. The van der Waals surface area contributed by atoms with Gasteiger partial charge in [0.25, 0.3) is 5.91 Å². The van der Waals surface area contributed by atoms with Gasteiger partial charge in [-0.3, -0.25) is 14.5 Å². The highest BCUT2D eigenvalue weighted by Crippen LogP contribution is 2.14. The van der Waals surface area contributed by atoms with Crippen LogP contribution >= 0.6 is 0 Å². The summed E-state index contributed by atoms with van der Waals surface area (Å²) >= 11 is 0. The van der Waals surface area contributed by atoms with E-state index in [1.54, 1.807) is 24.3 Å². The third-order valence-corrected chi connectivity index (χ3v) is 3.85. The predicted molar refractivity (Wildman–Crippen MR) is 82.2 cm³/mol. The van der Waals surface area contributed by atoms with Gasteiger partial charge in [-0.15, -0.1) is 0 Å². The van der Waals surface area contributed by atoms with Crippen LogP contribution in [0.25, 0.3) is 0 Å². The summed E-state index contributed by atoms with van der Waals surface area (Å²) in [6.07, 6.45) is 1.72. The van der Waals surface area contributed by atoms with Gasteiger partial charge >= 0.3 is 6.03 Å². The summed E-state index contributed by atoms with van der Waals surface area (Å²) in [4.78, 5) is 36.9. The van der Waals surface area contributed by atoms with Crippen LogP contribution in [0, 0.1) is 0 Å². The van der Waals surface area contributed by atoms with Gasteiger partial charge in [-0.1, -0.05) is 32.0 Å². The third-order valence-electron chi connectivity index (χ3n) is 3.85. The fraction of sp³-hybridized carbons (Fsp3) is 0.438. The van der Waals surface area contributed by atoms with Crippen molar-refractivity contribution >= 4 is 17.8 Å². The molecule has 118 valence electrons. The Morgan fingerprint density at radius 3 is 2.55 bits per heavy atom. The summed E-state index contributed by atoms with van der Waals surface area (Å²) in [7, 11) is 0. The highest BCUT2D eigenvalue weighted by atomic mass is 16.2. The molecule has 1 aliphatic heterocycles. The lowest BCUT2D eigenvalue weighted by molar-refractivity contribution is -0.125. The summed E-state index contributed by atoms with van der Waals surface area (Å²) in [5, 5.41) is 5.45. The number of nitrogens with zero attached hydrogens (tertiary/aromatic N) is 1. The van der Waals surface area contributed by atoms with Crippen LogP contribution in [0.4, 0.5) is 4.79 Å². The van der Waals surface area contributed by atoms with E-state index in [-0.39, 0.29) is 30.9 Å². The molecule has 0 unspecified atom stereocenters. The van der Waals surface area contributed by atoms with Gasteiger partial charge in [0.2, 0.25) is 5.91 Å². The van der Waals surface area contributed by atoms with Gasteiger partial charge in [-0.2, -0.15) is 0 Å². The number of hydrogen-bond acceptors (Lipinski definition) is 3. The molecule has 1 saturated heterocycles. The largest absolute Gasteiger partial charge is 0.349 e. The van der Waals surface area contributed by atoms with Gasteiger partial charge in [0.05, 0.1) is 13.1 Å². The minimum atomic E-state index is -0.416. The fourth-order valence-electron chi connectivity index (χ4n) is 2.42. The van der Waals surface area contributed by atoms with Crippen LogP contribution in [-0.4, -0.2) is 35.3 Å². The number of nitrogens with one attached hydrogen (secondary N) is 2. The molecule has 0 bridgehead atoms. The van der Waals surface area contributed by atoms with E-state index in [0.717, 1.165) is 17.7 Å². The monoisotopic (exact) mass is 303 g/mol. The average molecular weight is 303 g/mol. The third kappa shape index (κ3) is 3.44. The van der Waals surface area contributed by atoms with E-state index >= 15 is 0 Å². The Kier molecular flexibility index (Phi) is 5.14. The molecule has 2 N–H and O–H groups in total. The Balaban J connectivity index is 2.18. The smallest absolute Gasteiger partial charge is 0.324 e. The first-order valence-electron chi connectivity index (χ1n) is 7.53. The summed E-state index contributed by atoms with van der Waals surface area (Å²) in [6, 6.07) is 6.75. The Hall–Kier alpha value is -2.37. The van der Waals surface area contributed by atoms with Gasteiger partial charge in [0.1, 0.15) is 0 Å². The zero-order valence-corrected chi connectivity index (χ0v) is 12.9. The van der Waals surface area contributed by atoms with Crippen molar-refractivity contribution in [3.63, 3.8) is 0 Å². The maximum Gasteiger partial charge on any atom is 0.324 e. The number of rotatable bonds is 6. The maximum absolute atomic E-state index is 12.4. The van der Waals surface area contributed by atoms with Gasteiger partial charge in [-0.25, -0.2) is 4.79 Å². The Labute approximate surface area is 129 Å². The number of imide groups is 1. The number of hydrogen-bond donors (Lipinski definition) is 2. The van der Waals surface area contributed by atoms with Crippen LogP contribution in [0.1, 0.15) is 42.6 Å². The molecule has 0 radical (unpaired) electrons. The van der Waals surface area contributed by atoms with E-state index in [2.05, 4.69) is 10.6 Å². The van der Waals surface area contributed by atoms with Crippen LogP contribution in [0.15, 0.2) is 24.3 Å². The maximum atomic E-state index is 12.4. The van der Waals surface area contributed by atoms with Crippen molar-refractivity contribution < 1.29 is 14.4 Å². The summed E-state index contributed by atoms with van der Waals surface area (Å²) in [6.45, 7) is 4.17. The first-order valence-corrected chi connectivity index (χ1v) is 7.53. The molecule has 1 aromatic carbocycles. The molecular formula is C16H21N3O3. The van der Waals surface area contributed by atoms with Crippen LogP contribution < -0.4 is 10.6 Å². The Bertz CT molecular complexity index is 566. The highest BCUT2D eigenvalue weighted by Gasteiger charge is 2.29. The van der Waals surface area contributed by atoms with E-state index in [4.69, 9.17) is 0 Å². The minimum absolute atomic E-state index is 0.0148. The van der Waals surface area contributed by atoms with Crippen molar-refractivity contribution in [1.82, 2.24) is 15.5 Å². The lowest BCUT2D eigenvalue weighted by atomic mass is 10.0. The van der Waals surface area contributed by atoms with E-state index in [1.165, 1.54) is 0 Å². The normalized spacial score (nSPS) is 14.4. The van der Waals surface area contributed by atoms with E-state index < -0.39 is 6.03 Å². The van der Waals surface area contributed by atoms with Crippen molar-refractivity contribution in [2.45, 2.75) is 39.3 Å². The second kappa shape index (κ2) is 7.06.